The van der Waals surface area contributed by atoms with Crippen LogP contribution >= 0.6 is 0 Å². The molecule has 2 heterocycles. The summed E-state index contributed by atoms with van der Waals surface area (Å²) >= 11 is 0. The van der Waals surface area contributed by atoms with Gasteiger partial charge in [0.25, 0.3) is 5.56 Å². The highest BCUT2D eigenvalue weighted by molar-refractivity contribution is 5.75. The van der Waals surface area contributed by atoms with Crippen molar-refractivity contribution in [2.75, 3.05) is 5.32 Å². The van der Waals surface area contributed by atoms with Crippen molar-refractivity contribution in [2.45, 2.75) is 25.3 Å². The predicted octanol–water partition coefficient (Wildman–Crippen LogP) is 3.82. The van der Waals surface area contributed by atoms with Crippen LogP contribution in [0.5, 0.6) is 0 Å². The smallest absolute Gasteiger partial charge is 0.252 e. The van der Waals surface area contributed by atoms with Crippen LogP contribution in [-0.4, -0.2) is 14.5 Å². The lowest BCUT2D eigenvalue weighted by Gasteiger charge is -2.22. The molecule has 1 aliphatic carbocycles. The van der Waals surface area contributed by atoms with E-state index in [1.807, 2.05) is 34.9 Å². The van der Waals surface area contributed by atoms with Crippen molar-refractivity contribution >= 4 is 22.7 Å². The van der Waals surface area contributed by atoms with Crippen LogP contribution in [0.1, 0.15) is 25.3 Å². The first kappa shape index (κ1) is 14.6. The number of hydrogen-bond donors (Lipinski definition) is 1. The number of nitrogens with one attached hydrogen (secondary N) is 1. The van der Waals surface area contributed by atoms with E-state index >= 15 is 0 Å². The van der Waals surface area contributed by atoms with Crippen molar-refractivity contribution < 1.29 is 0 Å². The number of aromatic nitrogens is 3. The minimum Gasteiger partial charge on any atom is -0.324 e. The Morgan fingerprint density at radius 1 is 1.08 bits per heavy atom. The van der Waals surface area contributed by atoms with Crippen molar-refractivity contribution in [1.82, 2.24) is 14.5 Å². The molecule has 1 aliphatic rings. The van der Waals surface area contributed by atoms with Gasteiger partial charge >= 0.3 is 0 Å². The van der Waals surface area contributed by atoms with E-state index in [4.69, 9.17) is 0 Å². The topological polar surface area (TPSA) is 59.8 Å². The number of nitrogens with zero attached hydrogens (tertiary/aromatic N) is 3. The maximum absolute atomic E-state index is 12.5. The molecule has 0 amide bonds. The van der Waals surface area contributed by atoms with E-state index in [1.54, 1.807) is 18.3 Å². The molecule has 0 aliphatic heterocycles. The van der Waals surface area contributed by atoms with E-state index in [9.17, 15) is 4.79 Å². The Morgan fingerprint density at radius 3 is 2.75 bits per heavy atom. The third-order valence-electron chi connectivity index (χ3n) is 4.30. The normalized spacial score (nSPS) is 17.1. The minimum absolute atomic E-state index is 0.00726. The maximum Gasteiger partial charge on any atom is 0.252 e. The first-order valence-corrected chi connectivity index (χ1v) is 8.16. The van der Waals surface area contributed by atoms with Gasteiger partial charge in [0.05, 0.1) is 0 Å². The summed E-state index contributed by atoms with van der Waals surface area (Å²) in [7, 11) is 0. The Morgan fingerprint density at radius 2 is 1.96 bits per heavy atom. The second kappa shape index (κ2) is 6.28. The van der Waals surface area contributed by atoms with Gasteiger partial charge in [-0.05, 0) is 37.5 Å². The quantitative estimate of drug-likeness (QED) is 0.746. The van der Waals surface area contributed by atoms with Crippen LogP contribution in [-0.2, 0) is 0 Å². The van der Waals surface area contributed by atoms with Crippen molar-refractivity contribution in [1.29, 1.82) is 0 Å². The Hall–Kier alpha value is -2.95. The highest BCUT2D eigenvalue weighted by atomic mass is 16.1. The lowest BCUT2D eigenvalue weighted by atomic mass is 10.0. The summed E-state index contributed by atoms with van der Waals surface area (Å²) in [4.78, 5) is 21.4. The summed E-state index contributed by atoms with van der Waals surface area (Å²) in [6.45, 7) is 0. The van der Waals surface area contributed by atoms with Gasteiger partial charge in [0.15, 0.2) is 0 Å². The molecule has 0 fully saturated rings. The van der Waals surface area contributed by atoms with Crippen LogP contribution in [0.4, 0.5) is 11.6 Å². The van der Waals surface area contributed by atoms with Crippen molar-refractivity contribution in [3.63, 3.8) is 0 Å². The van der Waals surface area contributed by atoms with Gasteiger partial charge in [-0.2, -0.15) is 4.98 Å². The Balaban J connectivity index is 1.79. The van der Waals surface area contributed by atoms with Gasteiger partial charge in [-0.15, -0.1) is 0 Å². The van der Waals surface area contributed by atoms with Gasteiger partial charge in [0, 0.05) is 29.4 Å². The summed E-state index contributed by atoms with van der Waals surface area (Å²) in [6.07, 6.45) is 8.90. The minimum atomic E-state index is -0.00726. The molecule has 1 unspecified atom stereocenters. The molecular formula is C19H18N4O. The van der Waals surface area contributed by atoms with Crippen LogP contribution in [0.25, 0.3) is 11.0 Å². The zero-order valence-electron chi connectivity index (χ0n) is 13.2. The average molecular weight is 318 g/mol. The molecule has 0 spiro atoms. The first-order valence-electron chi connectivity index (χ1n) is 8.16. The fourth-order valence-electron chi connectivity index (χ4n) is 3.11. The Labute approximate surface area is 139 Å². The fourth-order valence-corrected chi connectivity index (χ4v) is 3.11. The Bertz CT molecular complexity index is 946. The van der Waals surface area contributed by atoms with Crippen LogP contribution in [0.2, 0.25) is 0 Å². The molecule has 5 heteroatoms. The SMILES string of the molecule is O=c1ccc2cnc(Nc3ccccc3)nc2n1C1CC=CCC1. The van der Waals surface area contributed by atoms with E-state index in [1.165, 1.54) is 0 Å². The molecule has 0 radical (unpaired) electrons. The van der Waals surface area contributed by atoms with Crippen LogP contribution in [0.15, 0.2) is 65.6 Å². The molecule has 0 saturated heterocycles. The fraction of sp³-hybridized carbons (Fsp3) is 0.211. The number of anilines is 2. The lowest BCUT2D eigenvalue weighted by Crippen LogP contribution is -2.26. The molecule has 0 bridgehead atoms. The van der Waals surface area contributed by atoms with Gasteiger partial charge in [0.1, 0.15) is 5.65 Å². The molecule has 4 rings (SSSR count). The summed E-state index contributed by atoms with van der Waals surface area (Å²) in [5, 5.41) is 4.07. The standard InChI is InChI=1S/C19H18N4O/c24-17-12-11-14-13-20-19(21-15-7-3-1-4-8-15)22-18(14)23(17)16-9-5-2-6-10-16/h1-5,7-8,11-13,16H,6,9-10H2,(H,20,21,22). The number of para-hydroxylation sites is 1. The molecule has 2 aromatic heterocycles. The summed E-state index contributed by atoms with van der Waals surface area (Å²) in [5.41, 5.74) is 1.60. The molecule has 24 heavy (non-hydrogen) atoms. The molecule has 1 N–H and O–H groups in total. The zero-order chi connectivity index (χ0) is 16.4. The van der Waals surface area contributed by atoms with E-state index in [0.29, 0.717) is 11.6 Å². The van der Waals surface area contributed by atoms with Gasteiger partial charge in [-0.1, -0.05) is 30.4 Å². The van der Waals surface area contributed by atoms with Crippen LogP contribution < -0.4 is 10.9 Å². The van der Waals surface area contributed by atoms with Crippen molar-refractivity contribution in [3.05, 3.63) is 71.2 Å². The summed E-state index contributed by atoms with van der Waals surface area (Å²) in [5.74, 6) is 0.499. The van der Waals surface area contributed by atoms with Gasteiger partial charge in [-0.3, -0.25) is 9.36 Å². The van der Waals surface area contributed by atoms with Gasteiger partial charge in [-0.25, -0.2) is 4.98 Å². The van der Waals surface area contributed by atoms with E-state index in [2.05, 4.69) is 27.4 Å². The second-order valence-electron chi connectivity index (χ2n) is 5.94. The molecule has 1 aromatic carbocycles. The lowest BCUT2D eigenvalue weighted by molar-refractivity contribution is 0.459. The van der Waals surface area contributed by atoms with Crippen LogP contribution in [0.3, 0.4) is 0 Å². The Kier molecular flexibility index (Phi) is 3.83. The summed E-state index contributed by atoms with van der Waals surface area (Å²) < 4.78 is 1.82. The second-order valence-corrected chi connectivity index (χ2v) is 5.94. The van der Waals surface area contributed by atoms with Crippen LogP contribution in [0, 0.1) is 0 Å². The molecule has 5 nitrogen and oxygen atoms in total. The number of fused-ring (bicyclic) bond motifs is 1. The van der Waals surface area contributed by atoms with Crippen molar-refractivity contribution in [2.24, 2.45) is 0 Å². The van der Waals surface area contributed by atoms with E-state index in [-0.39, 0.29) is 11.6 Å². The molecule has 3 aromatic rings. The van der Waals surface area contributed by atoms with E-state index < -0.39 is 0 Å². The monoisotopic (exact) mass is 318 g/mol. The number of benzene rings is 1. The maximum atomic E-state index is 12.5. The number of pyridine rings is 1. The largest absolute Gasteiger partial charge is 0.324 e. The summed E-state index contributed by atoms with van der Waals surface area (Å²) in [6, 6.07) is 13.3. The predicted molar refractivity (Wildman–Crippen MR) is 95.6 cm³/mol. The number of rotatable bonds is 3. The van der Waals surface area contributed by atoms with E-state index in [0.717, 1.165) is 30.3 Å². The highest BCUT2D eigenvalue weighted by Crippen LogP contribution is 2.25. The third-order valence-corrected chi connectivity index (χ3v) is 4.30. The van der Waals surface area contributed by atoms with Crippen molar-refractivity contribution in [3.8, 4) is 0 Å². The van der Waals surface area contributed by atoms with Gasteiger partial charge < -0.3 is 5.32 Å². The third kappa shape index (κ3) is 2.80. The average Bonchev–Trinajstić information content (AvgIpc) is 2.63. The molecule has 0 saturated carbocycles. The molecular weight excluding hydrogens is 300 g/mol. The molecule has 120 valence electrons. The number of allylic oxidation sites excluding steroid dienone is 2. The zero-order valence-corrected chi connectivity index (χ0v) is 13.2. The number of hydrogen-bond acceptors (Lipinski definition) is 4. The highest BCUT2D eigenvalue weighted by Gasteiger charge is 2.17. The molecule has 1 atom stereocenters. The van der Waals surface area contributed by atoms with Gasteiger partial charge in [0.2, 0.25) is 5.95 Å². The first-order chi connectivity index (χ1) is 11.8.